The molecule has 10 aromatic rings. The van der Waals surface area contributed by atoms with Gasteiger partial charge in [-0.15, -0.1) is 54.1 Å². The molecule has 2 radical (unpaired) electrons. The Morgan fingerprint density at radius 3 is 2.31 bits per heavy atom. The van der Waals surface area contributed by atoms with Crippen molar-refractivity contribution in [3.05, 3.63) is 180 Å². The van der Waals surface area contributed by atoms with Crippen LogP contribution in [-0.4, -0.2) is 41.1 Å². The molecular weight excluding hydrogens is 982 g/mol. The normalized spacial score (nSPS) is 16.8. The SMILES string of the molecule is [2H]C([2H])([2H])C([2H])(C)c1cccc(C([2H])(C)C([2H])([2H])[2H])c1-n1c(-c2[c-]cccc2)nc2ccccc21.[2H]C([2H])([2H])c1ccc2c(n1)oc1c(-c3cc(C([2H])([2H])C(C)C)ccn3)[c-]ccc12.[AlH][O]c1cccc2cccnc12.[Ir]. The Kier molecular flexibility index (Phi) is 10.3. The maximum absolute atomic E-state index is 8.90. The Balaban J connectivity index is 0.000000184. The zero-order valence-electron chi connectivity index (χ0n) is 48.5. The van der Waals surface area contributed by atoms with E-state index in [2.05, 4.69) is 27.1 Å². The van der Waals surface area contributed by atoms with Crippen molar-refractivity contribution in [3.8, 4) is 34.1 Å². The number of pyridine rings is 3. The monoisotopic (exact) mass is 1050 g/mol. The van der Waals surface area contributed by atoms with E-state index in [4.69, 9.17) is 31.0 Å². The number of aryl methyl sites for hydroxylation is 1. The van der Waals surface area contributed by atoms with E-state index in [1.54, 1.807) is 77.6 Å². The molecule has 0 amide bonds. The van der Waals surface area contributed by atoms with E-state index in [1.165, 1.54) is 54.7 Å². The maximum Gasteiger partial charge on any atom is 0.494 e. The summed E-state index contributed by atoms with van der Waals surface area (Å²) >= 11 is 1.47. The second-order valence-corrected chi connectivity index (χ2v) is 15.2. The molecule has 5 heterocycles. The first-order valence-corrected chi connectivity index (χ1v) is 20.8. The van der Waals surface area contributed by atoms with Crippen molar-refractivity contribution in [3.63, 3.8) is 0 Å². The minimum absolute atomic E-state index is 0. The van der Waals surface area contributed by atoms with Crippen LogP contribution in [0.4, 0.5) is 0 Å². The van der Waals surface area contributed by atoms with E-state index >= 15 is 0 Å². The van der Waals surface area contributed by atoms with Gasteiger partial charge in [-0.05, 0) is 90.2 Å². The topological polar surface area (TPSA) is 78.9 Å². The molecule has 5 aromatic heterocycles. The minimum Gasteiger partial charge on any atom is -0.649 e. The summed E-state index contributed by atoms with van der Waals surface area (Å²) in [7, 11) is 0. The zero-order valence-corrected chi connectivity index (χ0v) is 39.3. The number of rotatable bonds is 8. The number of aromatic nitrogens is 5. The Labute approximate surface area is 416 Å². The van der Waals surface area contributed by atoms with Gasteiger partial charge in [0, 0.05) is 72.5 Å². The molecule has 10 rings (SSSR count). The molecule has 0 aliphatic heterocycles. The summed E-state index contributed by atoms with van der Waals surface area (Å²) in [6, 6.07) is 45.1. The summed E-state index contributed by atoms with van der Waals surface area (Å²) in [6.07, 6.45) is 1.84. The molecule has 0 spiro atoms. The number of benzene rings is 5. The Morgan fingerprint density at radius 2 is 1.56 bits per heavy atom. The van der Waals surface area contributed by atoms with Crippen LogP contribution in [0, 0.1) is 24.9 Å². The van der Waals surface area contributed by atoms with Crippen LogP contribution >= 0.6 is 0 Å². The molecule has 7 nitrogen and oxygen atoms in total. The second-order valence-electron chi connectivity index (χ2n) is 14.9. The van der Waals surface area contributed by atoms with Crippen LogP contribution in [0.15, 0.2) is 150 Å². The molecule has 0 saturated heterocycles. The summed E-state index contributed by atoms with van der Waals surface area (Å²) in [6.45, 7) is -1.54. The van der Waals surface area contributed by atoms with Crippen molar-refractivity contribution in [2.24, 2.45) is 5.92 Å². The van der Waals surface area contributed by atoms with Crippen molar-refractivity contribution < 1.29 is 46.1 Å². The summed E-state index contributed by atoms with van der Waals surface area (Å²) in [4.78, 5) is 17.6. The summed E-state index contributed by atoms with van der Waals surface area (Å²) in [5.74, 6) is -3.17. The molecule has 2 unspecified atom stereocenters. The molecule has 322 valence electrons. The van der Waals surface area contributed by atoms with Gasteiger partial charge in [0.2, 0.25) is 5.71 Å². The molecule has 0 aliphatic rings. The summed E-state index contributed by atoms with van der Waals surface area (Å²) in [5.41, 5.74) is 5.40. The number of furan rings is 1. The number of hydrogen-bond acceptors (Lipinski definition) is 6. The smallest absolute Gasteiger partial charge is 0.494 e. The van der Waals surface area contributed by atoms with Crippen molar-refractivity contribution in [2.45, 2.75) is 66.4 Å². The predicted octanol–water partition coefficient (Wildman–Crippen LogP) is 13.5. The third-order valence-electron chi connectivity index (χ3n) is 10.1. The van der Waals surface area contributed by atoms with Crippen molar-refractivity contribution in [2.75, 3.05) is 0 Å². The van der Waals surface area contributed by atoms with E-state index in [0.717, 1.165) is 22.0 Å². The second kappa shape index (κ2) is 20.7. The average molecular weight is 1050 g/mol. The third-order valence-corrected chi connectivity index (χ3v) is 10.4. The van der Waals surface area contributed by atoms with Gasteiger partial charge in [-0.3, -0.25) is 9.97 Å². The summed E-state index contributed by atoms with van der Waals surface area (Å²) in [5, 5.41) is 2.59. The van der Waals surface area contributed by atoms with Crippen LogP contribution in [0.5, 0.6) is 5.75 Å². The van der Waals surface area contributed by atoms with Gasteiger partial charge in [0.05, 0.1) is 22.4 Å². The van der Waals surface area contributed by atoms with Crippen molar-refractivity contribution in [1.29, 1.82) is 0 Å². The minimum atomic E-state index is -2.73. The Morgan fingerprint density at radius 1 is 0.781 bits per heavy atom. The molecule has 64 heavy (non-hydrogen) atoms. The van der Waals surface area contributed by atoms with Gasteiger partial charge in [-0.1, -0.05) is 113 Å². The van der Waals surface area contributed by atoms with E-state index in [9.17, 15) is 0 Å². The number of hydrogen-bond donors (Lipinski definition) is 0. The van der Waals surface area contributed by atoms with Crippen molar-refractivity contribution in [1.82, 2.24) is 24.5 Å². The average Bonchev–Trinajstić information content (AvgIpc) is 3.99. The molecule has 2 atom stereocenters. The Hall–Kier alpha value is -5.94. The van der Waals surface area contributed by atoms with Gasteiger partial charge in [0.1, 0.15) is 11.3 Å². The van der Waals surface area contributed by atoms with Crippen LogP contribution in [0.2, 0.25) is 0 Å². The van der Waals surface area contributed by atoms with Gasteiger partial charge < -0.3 is 17.8 Å². The first kappa shape index (κ1) is 31.8. The van der Waals surface area contributed by atoms with Crippen LogP contribution in [0.1, 0.15) is 93.4 Å². The number of fused-ring (bicyclic) bond motifs is 5. The van der Waals surface area contributed by atoms with E-state index in [-0.39, 0.29) is 54.2 Å². The van der Waals surface area contributed by atoms with Crippen molar-refractivity contribution >= 4 is 60.6 Å². The van der Waals surface area contributed by atoms with Crippen LogP contribution in [-0.2, 0) is 26.5 Å². The van der Waals surface area contributed by atoms with Gasteiger partial charge in [0.15, 0.2) is 0 Å². The number of nitrogens with zero attached hydrogens (tertiary/aromatic N) is 5. The fraction of sp³-hybridized carbons (Fsp3) is 0.200. The van der Waals surface area contributed by atoms with E-state index < -0.39 is 38.7 Å². The quantitative estimate of drug-likeness (QED) is 0.111. The largest absolute Gasteiger partial charge is 0.649 e. The first-order chi connectivity index (χ1) is 35.7. The number of imidazole rings is 1. The Bertz CT molecular complexity index is 3660. The molecule has 5 aromatic carbocycles. The molecule has 0 N–H and O–H groups in total. The first-order valence-electron chi connectivity index (χ1n) is 26.7. The fourth-order valence-corrected chi connectivity index (χ4v) is 7.58. The molecule has 0 fully saturated rings. The fourth-order valence-electron chi connectivity index (χ4n) is 7.35. The molecule has 0 aliphatic carbocycles. The van der Waals surface area contributed by atoms with Gasteiger partial charge in [0.25, 0.3) is 0 Å². The van der Waals surface area contributed by atoms with Gasteiger partial charge in [-0.25, -0.2) is 4.98 Å². The third kappa shape index (κ3) is 9.90. The van der Waals surface area contributed by atoms with Gasteiger partial charge in [-0.2, -0.15) is 0 Å². The van der Waals surface area contributed by atoms with Crippen LogP contribution in [0.25, 0.3) is 72.3 Å². The number of para-hydroxylation sites is 4. The van der Waals surface area contributed by atoms with Crippen LogP contribution < -0.4 is 3.79 Å². The summed E-state index contributed by atoms with van der Waals surface area (Å²) < 4.78 is 118. The molecular formula is C55H51AlIrN5O2-2. The van der Waals surface area contributed by atoms with Crippen LogP contribution in [0.3, 0.4) is 0 Å². The van der Waals surface area contributed by atoms with E-state index in [0.29, 0.717) is 50.2 Å². The molecule has 9 heteroatoms. The molecule has 0 bridgehead atoms. The predicted molar refractivity (Wildman–Crippen MR) is 260 cm³/mol. The molecule has 0 saturated carbocycles. The van der Waals surface area contributed by atoms with E-state index in [1.807, 2.05) is 62.4 Å². The maximum atomic E-state index is 8.90. The zero-order chi connectivity index (χ0) is 55.2. The van der Waals surface area contributed by atoms with Gasteiger partial charge >= 0.3 is 16.6 Å². The standard InChI is InChI=1S/C25H25N2.C21H19N2O.C9H7NO.Al.Ir.H/c1-17(2)20-13-10-14-21(18(3)4)24(20)27-23-16-9-8-15-22(23)26-25(27)19-11-6-5-7-12-19;1-13(2)11-15-9-10-22-19(12-15)18-6-4-5-16-17-8-7-14(3)23-21(17)24-20(16)18;11-8-5-1-3-7-4-2-6-10-9(7)8;;;/h5-11,13-18H,1-4H3;4-5,7-10,12-13H,11H2,1-3H3;1-6,11H;;;/q2*-1;;+1;;/p-1/i1D3,3D3,17D,18D;3D3,11D2;;;;.